The second-order valence-electron chi connectivity index (χ2n) is 7.83. The molecule has 0 unspecified atom stereocenters. The van der Waals surface area contributed by atoms with E-state index >= 15 is 0 Å². The molecule has 0 N–H and O–H groups in total. The largest absolute Gasteiger partial charge is 0.494 e. The van der Waals surface area contributed by atoms with Crippen molar-refractivity contribution < 1.29 is 14.3 Å². The van der Waals surface area contributed by atoms with Crippen LogP contribution in [0.5, 0.6) is 5.75 Å². The van der Waals surface area contributed by atoms with Gasteiger partial charge in [0.25, 0.3) is 5.91 Å². The van der Waals surface area contributed by atoms with Crippen molar-refractivity contribution in [2.45, 2.75) is 6.54 Å². The number of nitrogens with zero attached hydrogens (tertiary/aromatic N) is 3. The standard InChI is InChI=1S/C28H21N3O3S/c1-34-23-10-5-11-24-25(23)30-28(35-24)31(18-19-7-6-16-29-17-19)27(33)22-14-12-21(13-15-22)26(32)20-8-3-2-4-9-20/h2-17H,18H2,1H3. The van der Waals surface area contributed by atoms with Crippen molar-refractivity contribution in [2.75, 3.05) is 12.0 Å². The van der Waals surface area contributed by atoms with Gasteiger partial charge in [0, 0.05) is 29.1 Å². The molecule has 2 heterocycles. The van der Waals surface area contributed by atoms with Gasteiger partial charge in [-0.1, -0.05) is 65.9 Å². The molecule has 35 heavy (non-hydrogen) atoms. The van der Waals surface area contributed by atoms with Gasteiger partial charge >= 0.3 is 0 Å². The molecule has 1 amide bonds. The number of ketones is 1. The van der Waals surface area contributed by atoms with E-state index in [1.807, 2.05) is 48.5 Å². The lowest BCUT2D eigenvalue weighted by molar-refractivity contribution is 0.0982. The van der Waals surface area contributed by atoms with E-state index in [-0.39, 0.29) is 11.7 Å². The first kappa shape index (κ1) is 22.4. The summed E-state index contributed by atoms with van der Waals surface area (Å²) < 4.78 is 6.38. The zero-order valence-electron chi connectivity index (χ0n) is 18.9. The fourth-order valence-electron chi connectivity index (χ4n) is 3.77. The Labute approximate surface area is 206 Å². The molecule has 0 bridgehead atoms. The van der Waals surface area contributed by atoms with E-state index in [1.54, 1.807) is 60.8 Å². The van der Waals surface area contributed by atoms with Gasteiger partial charge in [0.1, 0.15) is 11.3 Å². The van der Waals surface area contributed by atoms with Crippen molar-refractivity contribution >= 4 is 38.4 Å². The first-order valence-electron chi connectivity index (χ1n) is 11.0. The molecule has 0 saturated carbocycles. The Kier molecular flexibility index (Phi) is 6.32. The lowest BCUT2D eigenvalue weighted by Gasteiger charge is -2.20. The fraction of sp³-hybridized carbons (Fsp3) is 0.0714. The third-order valence-electron chi connectivity index (χ3n) is 5.56. The van der Waals surface area contributed by atoms with Gasteiger partial charge in [-0.25, -0.2) is 4.98 Å². The predicted molar refractivity (Wildman–Crippen MR) is 137 cm³/mol. The van der Waals surface area contributed by atoms with Gasteiger partial charge in [0.15, 0.2) is 10.9 Å². The van der Waals surface area contributed by atoms with Crippen LogP contribution in [0, 0.1) is 0 Å². The van der Waals surface area contributed by atoms with Gasteiger partial charge < -0.3 is 4.74 Å². The van der Waals surface area contributed by atoms with Crippen LogP contribution in [0.1, 0.15) is 31.8 Å². The molecule has 0 aliphatic heterocycles. The molecule has 6 nitrogen and oxygen atoms in total. The maximum atomic E-state index is 13.7. The zero-order valence-corrected chi connectivity index (χ0v) is 19.7. The minimum Gasteiger partial charge on any atom is -0.494 e. The minimum atomic E-state index is -0.217. The highest BCUT2D eigenvalue weighted by Crippen LogP contribution is 2.35. The molecule has 172 valence electrons. The molecule has 2 aromatic heterocycles. The molecule has 0 spiro atoms. The number of carbonyl (C=O) groups excluding carboxylic acids is 2. The second-order valence-corrected chi connectivity index (χ2v) is 8.84. The SMILES string of the molecule is COc1cccc2sc(N(Cc3cccnc3)C(=O)c3ccc(C(=O)c4ccccc4)cc3)nc12. The number of fused-ring (bicyclic) bond motifs is 1. The number of amides is 1. The average molecular weight is 480 g/mol. The van der Waals surface area contributed by atoms with Crippen LogP contribution in [-0.2, 0) is 6.54 Å². The Morgan fingerprint density at radius 3 is 2.31 bits per heavy atom. The van der Waals surface area contributed by atoms with Crippen molar-refractivity contribution in [3.8, 4) is 5.75 Å². The summed E-state index contributed by atoms with van der Waals surface area (Å²) in [7, 11) is 1.60. The summed E-state index contributed by atoms with van der Waals surface area (Å²) >= 11 is 1.42. The monoisotopic (exact) mass is 479 g/mol. The molecule has 0 saturated heterocycles. The number of carbonyl (C=O) groups is 2. The Hall–Kier alpha value is -4.36. The summed E-state index contributed by atoms with van der Waals surface area (Å²) in [5.41, 5.74) is 3.18. The van der Waals surface area contributed by atoms with Crippen LogP contribution < -0.4 is 9.64 Å². The molecule has 5 aromatic rings. The van der Waals surface area contributed by atoms with Gasteiger partial charge in [-0.2, -0.15) is 0 Å². The fourth-order valence-corrected chi connectivity index (χ4v) is 4.75. The van der Waals surface area contributed by atoms with E-state index in [0.29, 0.717) is 39.6 Å². The number of thiazole rings is 1. The van der Waals surface area contributed by atoms with Crippen molar-refractivity contribution in [1.82, 2.24) is 9.97 Å². The Morgan fingerprint density at radius 1 is 0.857 bits per heavy atom. The summed E-state index contributed by atoms with van der Waals surface area (Å²) in [5, 5.41) is 0.558. The number of aromatic nitrogens is 2. The average Bonchev–Trinajstić information content (AvgIpc) is 3.36. The van der Waals surface area contributed by atoms with Crippen LogP contribution in [0.4, 0.5) is 5.13 Å². The summed E-state index contributed by atoms with van der Waals surface area (Å²) in [5.74, 6) is 0.350. The van der Waals surface area contributed by atoms with E-state index in [2.05, 4.69) is 4.98 Å². The van der Waals surface area contributed by atoms with Crippen LogP contribution >= 0.6 is 11.3 Å². The van der Waals surface area contributed by atoms with Crippen molar-refractivity contribution in [1.29, 1.82) is 0 Å². The molecular formula is C28H21N3O3S. The molecule has 0 aliphatic carbocycles. The van der Waals surface area contributed by atoms with Crippen LogP contribution in [0.2, 0.25) is 0 Å². The first-order valence-corrected chi connectivity index (χ1v) is 11.8. The number of hydrogen-bond donors (Lipinski definition) is 0. The second kappa shape index (κ2) is 9.87. The minimum absolute atomic E-state index is 0.0879. The number of pyridine rings is 1. The van der Waals surface area contributed by atoms with Gasteiger partial charge in [-0.3, -0.25) is 19.5 Å². The summed E-state index contributed by atoms with van der Waals surface area (Å²) in [6.07, 6.45) is 3.43. The van der Waals surface area contributed by atoms with E-state index in [9.17, 15) is 9.59 Å². The van der Waals surface area contributed by atoms with Crippen LogP contribution in [0.15, 0.2) is 97.3 Å². The van der Waals surface area contributed by atoms with E-state index in [0.717, 1.165) is 10.3 Å². The summed E-state index contributed by atoms with van der Waals surface area (Å²) in [4.78, 5) is 37.0. The normalized spacial score (nSPS) is 10.8. The Balaban J connectivity index is 1.49. The van der Waals surface area contributed by atoms with Crippen LogP contribution in [-0.4, -0.2) is 28.8 Å². The highest BCUT2D eigenvalue weighted by atomic mass is 32.1. The highest BCUT2D eigenvalue weighted by Gasteiger charge is 2.23. The van der Waals surface area contributed by atoms with Gasteiger partial charge in [0.05, 0.1) is 18.4 Å². The van der Waals surface area contributed by atoms with Crippen molar-refractivity contribution in [2.24, 2.45) is 0 Å². The lowest BCUT2D eigenvalue weighted by atomic mass is 10.0. The molecule has 7 heteroatoms. The molecule has 3 aromatic carbocycles. The molecule has 0 aliphatic rings. The van der Waals surface area contributed by atoms with Crippen LogP contribution in [0.25, 0.3) is 10.2 Å². The van der Waals surface area contributed by atoms with Gasteiger partial charge in [-0.15, -0.1) is 0 Å². The topological polar surface area (TPSA) is 72.4 Å². The predicted octanol–water partition coefficient (Wildman–Crippen LogP) is 5.78. The summed E-state index contributed by atoms with van der Waals surface area (Å²) in [6.45, 7) is 0.305. The third-order valence-corrected chi connectivity index (χ3v) is 6.60. The third kappa shape index (κ3) is 4.67. The Morgan fingerprint density at radius 2 is 1.60 bits per heavy atom. The number of anilines is 1. The van der Waals surface area contributed by atoms with E-state index in [4.69, 9.17) is 9.72 Å². The Bertz CT molecular complexity index is 1480. The molecule has 5 rings (SSSR count). The van der Waals surface area contributed by atoms with Gasteiger partial charge in [-0.05, 0) is 35.9 Å². The number of hydrogen-bond acceptors (Lipinski definition) is 6. The number of benzene rings is 3. The molecule has 0 atom stereocenters. The number of rotatable bonds is 7. The van der Waals surface area contributed by atoms with Crippen LogP contribution in [0.3, 0.4) is 0 Å². The smallest absolute Gasteiger partial charge is 0.260 e. The first-order chi connectivity index (χ1) is 17.1. The van der Waals surface area contributed by atoms with E-state index < -0.39 is 0 Å². The maximum absolute atomic E-state index is 13.7. The lowest BCUT2D eigenvalue weighted by Crippen LogP contribution is -2.30. The highest BCUT2D eigenvalue weighted by molar-refractivity contribution is 7.22. The van der Waals surface area contributed by atoms with Gasteiger partial charge in [0.2, 0.25) is 0 Å². The summed E-state index contributed by atoms with van der Waals surface area (Å²) in [6, 6.07) is 25.3. The number of para-hydroxylation sites is 1. The molecule has 0 radical (unpaired) electrons. The van der Waals surface area contributed by atoms with E-state index in [1.165, 1.54) is 11.3 Å². The molecular weight excluding hydrogens is 458 g/mol. The molecule has 0 fully saturated rings. The number of ether oxygens (including phenoxy) is 1. The quantitative estimate of drug-likeness (QED) is 0.277. The van der Waals surface area contributed by atoms with Crippen molar-refractivity contribution in [3.05, 3.63) is 120 Å². The van der Waals surface area contributed by atoms with Crippen molar-refractivity contribution in [3.63, 3.8) is 0 Å². The number of methoxy groups -OCH3 is 1. The zero-order chi connectivity index (χ0) is 24.2. The maximum Gasteiger partial charge on any atom is 0.260 e.